The number of halogens is 4. The van der Waals surface area contributed by atoms with Crippen LogP contribution < -0.4 is 9.62 Å². The quantitative estimate of drug-likeness (QED) is 0.328. The minimum absolute atomic E-state index is 0.122. The van der Waals surface area contributed by atoms with Crippen LogP contribution in [0.25, 0.3) is 0 Å². The van der Waals surface area contributed by atoms with E-state index in [1.807, 2.05) is 30.3 Å². The Balaban J connectivity index is 2.08. The minimum Gasteiger partial charge on any atom is -0.357 e. The van der Waals surface area contributed by atoms with E-state index in [1.54, 1.807) is 18.2 Å². The van der Waals surface area contributed by atoms with E-state index in [1.165, 1.54) is 30.1 Å². The Bertz CT molecular complexity index is 1400. The van der Waals surface area contributed by atoms with Gasteiger partial charge in [0.2, 0.25) is 21.8 Å². The van der Waals surface area contributed by atoms with Crippen molar-refractivity contribution in [3.63, 3.8) is 0 Å². The van der Waals surface area contributed by atoms with E-state index in [4.69, 9.17) is 46.4 Å². The second-order valence-electron chi connectivity index (χ2n) is 8.41. The van der Waals surface area contributed by atoms with Gasteiger partial charge in [0.05, 0.1) is 22.0 Å². The lowest BCUT2D eigenvalue weighted by molar-refractivity contribution is -0.139. The number of nitrogens with zero attached hydrogens (tertiary/aromatic N) is 2. The molecule has 0 unspecified atom stereocenters. The normalized spacial score (nSPS) is 12.1. The lowest BCUT2D eigenvalue weighted by atomic mass is 10.0. The average Bonchev–Trinajstić information content (AvgIpc) is 2.87. The van der Waals surface area contributed by atoms with Gasteiger partial charge < -0.3 is 10.2 Å². The van der Waals surface area contributed by atoms with E-state index in [0.717, 1.165) is 16.1 Å². The number of amides is 2. The Morgan fingerprint density at radius 2 is 1.50 bits per heavy atom. The standard InChI is InChI=1S/C26H25Cl4N3O4S/c1-31-26(35)24(13-17-7-4-3-5-8-17)32(15-19-20(27)9-6-10-21(19)28)25(34)16-33(38(2,36)37)18-11-12-22(29)23(30)14-18/h3-12,14,24H,13,15-16H2,1-2H3,(H,31,35)/t24-/m0/s1. The molecular formula is C26H25Cl4N3O4S. The fourth-order valence-corrected chi connectivity index (χ4v) is 5.48. The first-order chi connectivity index (χ1) is 17.9. The Labute approximate surface area is 242 Å². The highest BCUT2D eigenvalue weighted by Gasteiger charge is 2.33. The summed E-state index contributed by atoms with van der Waals surface area (Å²) in [5.74, 6) is -1.09. The van der Waals surface area contributed by atoms with Crippen LogP contribution in [-0.2, 0) is 32.6 Å². The highest BCUT2D eigenvalue weighted by Crippen LogP contribution is 2.30. The zero-order chi connectivity index (χ0) is 28.0. The number of rotatable bonds is 10. The number of anilines is 1. The first kappa shape index (κ1) is 30.1. The van der Waals surface area contributed by atoms with Crippen molar-refractivity contribution in [2.24, 2.45) is 0 Å². The van der Waals surface area contributed by atoms with Gasteiger partial charge in [-0.3, -0.25) is 13.9 Å². The van der Waals surface area contributed by atoms with E-state index in [9.17, 15) is 18.0 Å². The average molecular weight is 617 g/mol. The number of sulfonamides is 1. The molecule has 0 radical (unpaired) electrons. The Kier molecular flexibility index (Phi) is 10.3. The van der Waals surface area contributed by atoms with Crippen LogP contribution in [0.3, 0.4) is 0 Å². The van der Waals surface area contributed by atoms with Crippen molar-refractivity contribution in [3.05, 3.63) is 97.9 Å². The topological polar surface area (TPSA) is 86.8 Å². The molecule has 3 aromatic carbocycles. The van der Waals surface area contributed by atoms with E-state index in [0.29, 0.717) is 15.6 Å². The number of nitrogens with one attached hydrogen (secondary N) is 1. The van der Waals surface area contributed by atoms with Gasteiger partial charge in [-0.15, -0.1) is 0 Å². The van der Waals surface area contributed by atoms with Crippen molar-refractivity contribution in [2.75, 3.05) is 24.2 Å². The summed E-state index contributed by atoms with van der Waals surface area (Å²) >= 11 is 24.9. The summed E-state index contributed by atoms with van der Waals surface area (Å²) in [6, 6.07) is 17.3. The second-order valence-corrected chi connectivity index (χ2v) is 11.9. The van der Waals surface area contributed by atoms with Crippen LogP contribution in [0.4, 0.5) is 5.69 Å². The molecule has 202 valence electrons. The molecule has 3 rings (SSSR count). The van der Waals surface area contributed by atoms with Gasteiger partial charge in [0, 0.05) is 35.6 Å². The van der Waals surface area contributed by atoms with E-state index < -0.39 is 34.4 Å². The number of benzene rings is 3. The van der Waals surface area contributed by atoms with Crippen LogP contribution in [0.5, 0.6) is 0 Å². The van der Waals surface area contributed by atoms with Crippen LogP contribution in [0.15, 0.2) is 66.7 Å². The number of hydrogen-bond acceptors (Lipinski definition) is 4. The number of carbonyl (C=O) groups is 2. The summed E-state index contributed by atoms with van der Waals surface area (Å²) in [6.07, 6.45) is 1.14. The fourth-order valence-electron chi connectivity index (χ4n) is 3.83. The van der Waals surface area contributed by atoms with E-state index in [2.05, 4.69) is 5.32 Å². The summed E-state index contributed by atoms with van der Waals surface area (Å²) in [4.78, 5) is 28.3. The molecule has 12 heteroatoms. The van der Waals surface area contributed by atoms with Crippen LogP contribution >= 0.6 is 46.4 Å². The molecule has 7 nitrogen and oxygen atoms in total. The van der Waals surface area contributed by atoms with Crippen LogP contribution in [0.2, 0.25) is 20.1 Å². The molecule has 1 N–H and O–H groups in total. The van der Waals surface area contributed by atoms with Crippen molar-refractivity contribution in [3.8, 4) is 0 Å². The number of hydrogen-bond donors (Lipinski definition) is 1. The van der Waals surface area contributed by atoms with Gasteiger partial charge in [-0.05, 0) is 35.9 Å². The van der Waals surface area contributed by atoms with Gasteiger partial charge >= 0.3 is 0 Å². The summed E-state index contributed by atoms with van der Waals surface area (Å²) in [5.41, 5.74) is 1.37. The molecule has 0 aliphatic carbocycles. The molecule has 0 saturated carbocycles. The summed E-state index contributed by atoms with van der Waals surface area (Å²) in [7, 11) is -2.48. The third kappa shape index (κ3) is 7.55. The highest BCUT2D eigenvalue weighted by atomic mass is 35.5. The molecule has 2 amide bonds. The first-order valence-corrected chi connectivity index (χ1v) is 14.7. The molecule has 0 saturated heterocycles. The molecule has 0 aliphatic heterocycles. The lowest BCUT2D eigenvalue weighted by Crippen LogP contribution is -2.53. The summed E-state index contributed by atoms with van der Waals surface area (Å²) in [6.45, 7) is -0.748. The molecule has 0 heterocycles. The maximum Gasteiger partial charge on any atom is 0.244 e. The molecule has 0 spiro atoms. The van der Waals surface area contributed by atoms with Crippen LogP contribution in [0, 0.1) is 0 Å². The maximum absolute atomic E-state index is 13.9. The lowest BCUT2D eigenvalue weighted by Gasteiger charge is -2.33. The van der Waals surface area contributed by atoms with Gasteiger partial charge in [-0.25, -0.2) is 8.42 Å². The molecule has 38 heavy (non-hydrogen) atoms. The molecule has 1 atom stereocenters. The zero-order valence-electron chi connectivity index (χ0n) is 20.5. The predicted octanol–water partition coefficient (Wildman–Crippen LogP) is 5.45. The monoisotopic (exact) mass is 615 g/mol. The summed E-state index contributed by atoms with van der Waals surface area (Å²) < 4.78 is 26.4. The molecule has 0 bridgehead atoms. The van der Waals surface area contributed by atoms with Crippen molar-refractivity contribution >= 4 is 73.9 Å². The third-order valence-electron chi connectivity index (χ3n) is 5.78. The van der Waals surface area contributed by atoms with Gasteiger partial charge in [-0.2, -0.15) is 0 Å². The minimum atomic E-state index is -3.94. The van der Waals surface area contributed by atoms with Gasteiger partial charge in [0.1, 0.15) is 12.6 Å². The van der Waals surface area contributed by atoms with Crippen molar-refractivity contribution in [2.45, 2.75) is 19.0 Å². The van der Waals surface area contributed by atoms with Crippen molar-refractivity contribution in [1.29, 1.82) is 0 Å². The maximum atomic E-state index is 13.9. The molecule has 0 fully saturated rings. The number of carbonyl (C=O) groups excluding carboxylic acids is 2. The third-order valence-corrected chi connectivity index (χ3v) is 8.37. The molecule has 0 aromatic heterocycles. The smallest absolute Gasteiger partial charge is 0.244 e. The Morgan fingerprint density at radius 1 is 0.868 bits per heavy atom. The molecule has 3 aromatic rings. The van der Waals surface area contributed by atoms with Gasteiger partial charge in [-0.1, -0.05) is 82.8 Å². The van der Waals surface area contributed by atoms with Crippen LogP contribution in [-0.4, -0.2) is 51.0 Å². The second kappa shape index (κ2) is 13.0. The highest BCUT2D eigenvalue weighted by molar-refractivity contribution is 7.92. The van der Waals surface area contributed by atoms with E-state index >= 15 is 0 Å². The Hall–Kier alpha value is -2.49. The van der Waals surface area contributed by atoms with Gasteiger partial charge in [0.15, 0.2) is 0 Å². The Morgan fingerprint density at radius 3 is 2.05 bits per heavy atom. The zero-order valence-corrected chi connectivity index (χ0v) is 24.3. The van der Waals surface area contributed by atoms with Crippen molar-refractivity contribution in [1.82, 2.24) is 10.2 Å². The van der Waals surface area contributed by atoms with Crippen molar-refractivity contribution < 1.29 is 18.0 Å². The summed E-state index contributed by atoms with van der Waals surface area (Å²) in [5, 5.41) is 3.56. The van der Waals surface area contributed by atoms with Gasteiger partial charge in [0.25, 0.3) is 0 Å². The molecular weight excluding hydrogens is 592 g/mol. The fraction of sp³-hybridized carbons (Fsp3) is 0.231. The molecule has 0 aliphatic rings. The largest absolute Gasteiger partial charge is 0.357 e. The number of likely N-dealkylation sites (N-methyl/N-ethyl adjacent to an activating group) is 1. The van der Waals surface area contributed by atoms with E-state index in [-0.39, 0.29) is 28.7 Å². The first-order valence-electron chi connectivity index (χ1n) is 11.3. The van der Waals surface area contributed by atoms with Crippen LogP contribution in [0.1, 0.15) is 11.1 Å². The SMILES string of the molecule is CNC(=O)[C@H](Cc1ccccc1)N(Cc1c(Cl)cccc1Cl)C(=O)CN(c1ccc(Cl)c(Cl)c1)S(C)(=O)=O. The predicted molar refractivity (Wildman–Crippen MR) is 154 cm³/mol.